The maximum atomic E-state index is 5.99. The lowest BCUT2D eigenvalue weighted by Gasteiger charge is -2.08. The molecular weight excluding hydrogens is 234 g/mol. The summed E-state index contributed by atoms with van der Waals surface area (Å²) in [6.45, 7) is 4.72. The van der Waals surface area contributed by atoms with Gasteiger partial charge in [0.25, 0.3) is 0 Å². The van der Waals surface area contributed by atoms with Gasteiger partial charge in [0.15, 0.2) is 0 Å². The van der Waals surface area contributed by atoms with Crippen molar-refractivity contribution in [1.29, 1.82) is 0 Å². The van der Waals surface area contributed by atoms with Crippen LogP contribution in [0.2, 0.25) is 0 Å². The Bertz CT molecular complexity index is 736. The first kappa shape index (κ1) is 11.8. The van der Waals surface area contributed by atoms with E-state index in [2.05, 4.69) is 47.6 Å². The van der Waals surface area contributed by atoms with E-state index in [9.17, 15) is 0 Å². The second kappa shape index (κ2) is 4.43. The molecule has 3 aromatic rings. The monoisotopic (exact) mass is 251 g/mol. The quantitative estimate of drug-likeness (QED) is 0.759. The summed E-state index contributed by atoms with van der Waals surface area (Å²) in [5.74, 6) is 0. The first-order valence-corrected chi connectivity index (χ1v) is 6.43. The van der Waals surface area contributed by atoms with Crippen molar-refractivity contribution in [3.05, 3.63) is 59.4 Å². The van der Waals surface area contributed by atoms with E-state index in [4.69, 9.17) is 5.73 Å². The van der Waals surface area contributed by atoms with Crippen molar-refractivity contribution in [3.8, 4) is 0 Å². The summed E-state index contributed by atoms with van der Waals surface area (Å²) in [5.41, 5.74) is 9.98. The third-order valence-corrected chi connectivity index (χ3v) is 3.64. The lowest BCUT2D eigenvalue weighted by Crippen LogP contribution is -2.04. The van der Waals surface area contributed by atoms with Gasteiger partial charge in [0.1, 0.15) is 0 Å². The normalized spacial score (nSPS) is 11.1. The summed E-state index contributed by atoms with van der Waals surface area (Å²) in [6.07, 6.45) is 0. The van der Waals surface area contributed by atoms with Gasteiger partial charge in [-0.3, -0.25) is 4.68 Å². The smallest absolute Gasteiger partial charge is 0.0826 e. The number of nitrogen functional groups attached to an aromatic ring is 1. The van der Waals surface area contributed by atoms with Gasteiger partial charge >= 0.3 is 0 Å². The van der Waals surface area contributed by atoms with Crippen LogP contribution in [0.4, 0.5) is 5.69 Å². The molecule has 0 aliphatic heterocycles. The Morgan fingerprint density at radius 3 is 2.53 bits per heavy atom. The fourth-order valence-electron chi connectivity index (χ4n) is 2.46. The maximum absolute atomic E-state index is 5.99. The number of nitrogens with two attached hydrogens (primary N) is 1. The molecule has 0 fully saturated rings. The van der Waals surface area contributed by atoms with Gasteiger partial charge in [0, 0.05) is 0 Å². The third kappa shape index (κ3) is 1.97. The number of hydrogen-bond donors (Lipinski definition) is 1. The molecule has 3 rings (SSSR count). The van der Waals surface area contributed by atoms with E-state index >= 15 is 0 Å². The molecule has 0 spiro atoms. The second-order valence-electron chi connectivity index (χ2n) is 4.88. The summed E-state index contributed by atoms with van der Waals surface area (Å²) in [4.78, 5) is 0. The molecule has 0 radical (unpaired) electrons. The van der Waals surface area contributed by atoms with Crippen LogP contribution in [-0.4, -0.2) is 9.78 Å². The van der Waals surface area contributed by atoms with E-state index in [1.54, 1.807) is 0 Å². The number of rotatable bonds is 2. The lowest BCUT2D eigenvalue weighted by molar-refractivity contribution is 0.662. The highest BCUT2D eigenvalue weighted by Crippen LogP contribution is 2.21. The second-order valence-corrected chi connectivity index (χ2v) is 4.88. The number of aryl methyl sites for hydroxylation is 1. The van der Waals surface area contributed by atoms with Gasteiger partial charge in [-0.15, -0.1) is 0 Å². The number of hydrogen-bond acceptors (Lipinski definition) is 2. The van der Waals surface area contributed by atoms with E-state index < -0.39 is 0 Å². The molecule has 0 aliphatic carbocycles. The molecule has 0 unspecified atom stereocenters. The minimum atomic E-state index is 0.755. The Hall–Kier alpha value is -2.29. The zero-order chi connectivity index (χ0) is 13.4. The minimum Gasteiger partial charge on any atom is -0.396 e. The molecule has 2 N–H and O–H groups in total. The zero-order valence-corrected chi connectivity index (χ0v) is 11.2. The van der Waals surface area contributed by atoms with Crippen LogP contribution < -0.4 is 5.73 Å². The van der Waals surface area contributed by atoms with E-state index in [1.807, 2.05) is 18.5 Å². The van der Waals surface area contributed by atoms with E-state index in [0.29, 0.717) is 0 Å². The fourth-order valence-corrected chi connectivity index (χ4v) is 2.46. The number of nitrogens with zero attached hydrogens (tertiary/aromatic N) is 2. The maximum Gasteiger partial charge on any atom is 0.0826 e. The summed E-state index contributed by atoms with van der Waals surface area (Å²) in [5, 5.41) is 7.04. The van der Waals surface area contributed by atoms with Crippen LogP contribution in [0, 0.1) is 13.8 Å². The molecule has 0 saturated heterocycles. The molecule has 0 bridgehead atoms. The third-order valence-electron chi connectivity index (χ3n) is 3.64. The predicted molar refractivity (Wildman–Crippen MR) is 79.2 cm³/mol. The van der Waals surface area contributed by atoms with Crippen LogP contribution in [0.25, 0.3) is 10.8 Å². The average Bonchev–Trinajstić information content (AvgIpc) is 2.67. The highest BCUT2D eigenvalue weighted by atomic mass is 15.3. The topological polar surface area (TPSA) is 43.8 Å². The van der Waals surface area contributed by atoms with Crippen molar-refractivity contribution < 1.29 is 0 Å². The average molecular weight is 251 g/mol. The van der Waals surface area contributed by atoms with Crippen molar-refractivity contribution in [2.45, 2.75) is 20.4 Å². The molecule has 2 aromatic carbocycles. The van der Waals surface area contributed by atoms with Gasteiger partial charge in [-0.05, 0) is 30.2 Å². The van der Waals surface area contributed by atoms with Crippen molar-refractivity contribution in [1.82, 2.24) is 9.78 Å². The Kier molecular flexibility index (Phi) is 2.75. The van der Waals surface area contributed by atoms with Crippen LogP contribution in [-0.2, 0) is 6.54 Å². The van der Waals surface area contributed by atoms with Gasteiger partial charge in [-0.2, -0.15) is 5.10 Å². The predicted octanol–water partition coefficient (Wildman–Crippen LogP) is 3.28. The van der Waals surface area contributed by atoms with Gasteiger partial charge in [0.05, 0.1) is 23.6 Å². The Balaban J connectivity index is 2.08. The molecule has 0 saturated carbocycles. The van der Waals surface area contributed by atoms with Gasteiger partial charge in [0.2, 0.25) is 0 Å². The van der Waals surface area contributed by atoms with Crippen LogP contribution >= 0.6 is 0 Å². The fraction of sp³-hybridized carbons (Fsp3) is 0.188. The van der Waals surface area contributed by atoms with E-state index in [-0.39, 0.29) is 0 Å². The van der Waals surface area contributed by atoms with Gasteiger partial charge in [-0.1, -0.05) is 42.5 Å². The van der Waals surface area contributed by atoms with Crippen LogP contribution in [0.3, 0.4) is 0 Å². The molecule has 0 atom stereocenters. The molecule has 0 aliphatic rings. The van der Waals surface area contributed by atoms with Crippen LogP contribution in [0.5, 0.6) is 0 Å². The Labute approximate surface area is 112 Å². The van der Waals surface area contributed by atoms with E-state index in [0.717, 1.165) is 23.6 Å². The molecule has 3 heteroatoms. The molecule has 96 valence electrons. The van der Waals surface area contributed by atoms with Crippen molar-refractivity contribution in [3.63, 3.8) is 0 Å². The largest absolute Gasteiger partial charge is 0.396 e. The standard InChI is InChI=1S/C16H17N3/c1-11-16(17)12(2)19(18-11)10-14-8-5-7-13-6-3-4-9-15(13)14/h3-9H,10,17H2,1-2H3. The van der Waals surface area contributed by atoms with E-state index in [1.165, 1.54) is 16.3 Å². The highest BCUT2D eigenvalue weighted by molar-refractivity contribution is 5.85. The molecule has 0 amide bonds. The molecule has 1 heterocycles. The SMILES string of the molecule is Cc1nn(Cc2cccc3ccccc23)c(C)c1N. The molecule has 19 heavy (non-hydrogen) atoms. The molecular formula is C16H17N3. The highest BCUT2D eigenvalue weighted by Gasteiger charge is 2.09. The number of anilines is 1. The number of fused-ring (bicyclic) bond motifs is 1. The summed E-state index contributed by atoms with van der Waals surface area (Å²) in [7, 11) is 0. The van der Waals surface area contributed by atoms with Crippen LogP contribution in [0.15, 0.2) is 42.5 Å². The minimum absolute atomic E-state index is 0.755. The van der Waals surface area contributed by atoms with Gasteiger partial charge in [-0.25, -0.2) is 0 Å². The Morgan fingerprint density at radius 1 is 1.05 bits per heavy atom. The van der Waals surface area contributed by atoms with Crippen molar-refractivity contribution in [2.75, 3.05) is 5.73 Å². The molecule has 3 nitrogen and oxygen atoms in total. The summed E-state index contributed by atoms with van der Waals surface area (Å²) < 4.78 is 1.98. The summed E-state index contributed by atoms with van der Waals surface area (Å²) in [6, 6.07) is 14.8. The number of benzene rings is 2. The van der Waals surface area contributed by atoms with Crippen molar-refractivity contribution in [2.24, 2.45) is 0 Å². The van der Waals surface area contributed by atoms with Gasteiger partial charge < -0.3 is 5.73 Å². The first-order valence-electron chi connectivity index (χ1n) is 6.43. The first-order chi connectivity index (χ1) is 9.16. The summed E-state index contributed by atoms with van der Waals surface area (Å²) >= 11 is 0. The zero-order valence-electron chi connectivity index (χ0n) is 11.2. The van der Waals surface area contributed by atoms with Crippen LogP contribution in [0.1, 0.15) is 17.0 Å². The van der Waals surface area contributed by atoms with Crippen molar-refractivity contribution >= 4 is 16.5 Å². The lowest BCUT2D eigenvalue weighted by atomic mass is 10.0. The Morgan fingerprint density at radius 2 is 1.79 bits per heavy atom. The molecule has 1 aromatic heterocycles. The number of aromatic nitrogens is 2.